The van der Waals surface area contributed by atoms with Crippen molar-refractivity contribution >= 4 is 0 Å². The van der Waals surface area contributed by atoms with Crippen LogP contribution in [0.2, 0.25) is 0 Å². The van der Waals surface area contributed by atoms with Gasteiger partial charge in [0.2, 0.25) is 0 Å². The molecule has 64 valence electrons. The standard InChI is InChI=1S/C9H17NO/c11-8-9-4-1-2-6-10(9)7-3-5-9/h11H,1-8H2. The van der Waals surface area contributed by atoms with Gasteiger partial charge in [-0.15, -0.1) is 0 Å². The Morgan fingerprint density at radius 2 is 1.82 bits per heavy atom. The maximum atomic E-state index is 9.31. The summed E-state index contributed by atoms with van der Waals surface area (Å²) in [4.78, 5) is 2.50. The number of aliphatic hydroxyl groups excluding tert-OH is 1. The fraction of sp³-hybridized carbons (Fsp3) is 1.00. The first-order valence-electron chi connectivity index (χ1n) is 4.73. The zero-order valence-corrected chi connectivity index (χ0v) is 7.05. The molecule has 0 radical (unpaired) electrons. The summed E-state index contributed by atoms with van der Waals surface area (Å²) in [6.07, 6.45) is 6.40. The molecule has 0 aliphatic carbocycles. The Bertz CT molecular complexity index is 148. The highest BCUT2D eigenvalue weighted by Gasteiger charge is 2.41. The van der Waals surface area contributed by atoms with E-state index >= 15 is 0 Å². The minimum Gasteiger partial charge on any atom is -0.394 e. The number of piperidine rings is 1. The smallest absolute Gasteiger partial charge is 0.0615 e. The average molecular weight is 155 g/mol. The van der Waals surface area contributed by atoms with E-state index in [2.05, 4.69) is 4.90 Å². The SMILES string of the molecule is OCC12CCCCN1CCC2. The highest BCUT2D eigenvalue weighted by molar-refractivity contribution is 4.97. The molecule has 0 bridgehead atoms. The van der Waals surface area contributed by atoms with Crippen molar-refractivity contribution in [1.29, 1.82) is 0 Å². The molecule has 2 nitrogen and oxygen atoms in total. The van der Waals surface area contributed by atoms with Gasteiger partial charge in [-0.2, -0.15) is 0 Å². The fourth-order valence-corrected chi connectivity index (χ4v) is 2.64. The van der Waals surface area contributed by atoms with E-state index in [-0.39, 0.29) is 5.54 Å². The lowest BCUT2D eigenvalue weighted by atomic mass is 9.87. The van der Waals surface area contributed by atoms with E-state index in [9.17, 15) is 5.11 Å². The average Bonchev–Trinajstić information content (AvgIpc) is 2.48. The maximum Gasteiger partial charge on any atom is 0.0615 e. The predicted molar refractivity (Wildman–Crippen MR) is 44.5 cm³/mol. The van der Waals surface area contributed by atoms with Crippen LogP contribution >= 0.6 is 0 Å². The van der Waals surface area contributed by atoms with Gasteiger partial charge in [0.05, 0.1) is 6.61 Å². The number of fused-ring (bicyclic) bond motifs is 1. The second kappa shape index (κ2) is 2.76. The second-order valence-electron chi connectivity index (χ2n) is 3.93. The van der Waals surface area contributed by atoms with Crippen molar-refractivity contribution in [2.24, 2.45) is 0 Å². The van der Waals surface area contributed by atoms with Crippen LogP contribution in [-0.2, 0) is 0 Å². The molecule has 0 aromatic rings. The minimum atomic E-state index is 0.220. The molecule has 2 saturated heterocycles. The Labute approximate surface area is 68.2 Å². The Hall–Kier alpha value is -0.0800. The van der Waals surface area contributed by atoms with Gasteiger partial charge < -0.3 is 5.11 Å². The Kier molecular flexibility index (Phi) is 1.90. The molecule has 0 aromatic carbocycles. The summed E-state index contributed by atoms with van der Waals surface area (Å²) in [6, 6.07) is 0. The molecule has 1 atom stereocenters. The monoisotopic (exact) mass is 155 g/mol. The van der Waals surface area contributed by atoms with Crippen molar-refractivity contribution in [3.63, 3.8) is 0 Å². The van der Waals surface area contributed by atoms with E-state index in [4.69, 9.17) is 0 Å². The van der Waals surface area contributed by atoms with Gasteiger partial charge in [0.15, 0.2) is 0 Å². The van der Waals surface area contributed by atoms with Crippen molar-refractivity contribution in [2.45, 2.75) is 37.6 Å². The zero-order chi connectivity index (χ0) is 7.73. The van der Waals surface area contributed by atoms with Gasteiger partial charge in [-0.3, -0.25) is 4.90 Å². The van der Waals surface area contributed by atoms with Crippen LogP contribution in [0, 0.1) is 0 Å². The summed E-state index contributed by atoms with van der Waals surface area (Å²) in [5, 5.41) is 9.31. The molecular weight excluding hydrogens is 138 g/mol. The van der Waals surface area contributed by atoms with Gasteiger partial charge in [-0.05, 0) is 38.8 Å². The van der Waals surface area contributed by atoms with Crippen LogP contribution in [0.25, 0.3) is 0 Å². The third-order valence-electron chi connectivity index (χ3n) is 3.36. The third-order valence-corrected chi connectivity index (χ3v) is 3.36. The Morgan fingerprint density at radius 1 is 1.09 bits per heavy atom. The molecule has 0 aromatic heterocycles. The van der Waals surface area contributed by atoms with Crippen LogP contribution < -0.4 is 0 Å². The van der Waals surface area contributed by atoms with Gasteiger partial charge in [-0.1, -0.05) is 6.42 Å². The number of aliphatic hydroxyl groups is 1. The second-order valence-corrected chi connectivity index (χ2v) is 3.93. The van der Waals surface area contributed by atoms with E-state index < -0.39 is 0 Å². The van der Waals surface area contributed by atoms with Crippen molar-refractivity contribution in [2.75, 3.05) is 19.7 Å². The van der Waals surface area contributed by atoms with Gasteiger partial charge in [0, 0.05) is 5.54 Å². The molecule has 1 N–H and O–H groups in total. The lowest BCUT2D eigenvalue weighted by Gasteiger charge is -2.41. The molecule has 2 heterocycles. The maximum absolute atomic E-state index is 9.31. The van der Waals surface area contributed by atoms with Crippen LogP contribution in [0.3, 0.4) is 0 Å². The number of hydrogen-bond acceptors (Lipinski definition) is 2. The van der Waals surface area contributed by atoms with E-state index in [0.717, 1.165) is 0 Å². The summed E-state index contributed by atoms with van der Waals surface area (Å²) < 4.78 is 0. The van der Waals surface area contributed by atoms with Crippen LogP contribution in [0.15, 0.2) is 0 Å². The van der Waals surface area contributed by atoms with Crippen molar-refractivity contribution in [3.05, 3.63) is 0 Å². The Morgan fingerprint density at radius 3 is 2.55 bits per heavy atom. The van der Waals surface area contributed by atoms with Crippen LogP contribution in [0.4, 0.5) is 0 Å². The van der Waals surface area contributed by atoms with Crippen molar-refractivity contribution in [1.82, 2.24) is 4.90 Å². The van der Waals surface area contributed by atoms with E-state index in [1.54, 1.807) is 0 Å². The molecular formula is C9H17NO. The molecule has 0 spiro atoms. The molecule has 2 rings (SSSR count). The van der Waals surface area contributed by atoms with Gasteiger partial charge >= 0.3 is 0 Å². The summed E-state index contributed by atoms with van der Waals surface area (Å²) in [5.74, 6) is 0. The van der Waals surface area contributed by atoms with Gasteiger partial charge in [0.25, 0.3) is 0 Å². The highest BCUT2D eigenvalue weighted by Crippen LogP contribution is 2.36. The molecule has 11 heavy (non-hydrogen) atoms. The van der Waals surface area contributed by atoms with E-state index in [0.29, 0.717) is 6.61 Å². The first kappa shape index (κ1) is 7.56. The molecule has 1 unspecified atom stereocenters. The summed E-state index contributed by atoms with van der Waals surface area (Å²) >= 11 is 0. The lowest BCUT2D eigenvalue weighted by molar-refractivity contribution is 0.0325. The Balaban J connectivity index is 2.12. The van der Waals surface area contributed by atoms with Crippen molar-refractivity contribution < 1.29 is 5.11 Å². The van der Waals surface area contributed by atoms with Crippen LogP contribution in [-0.4, -0.2) is 35.2 Å². The van der Waals surface area contributed by atoms with Gasteiger partial charge in [0.1, 0.15) is 0 Å². The van der Waals surface area contributed by atoms with E-state index in [1.807, 2.05) is 0 Å². The number of hydrogen-bond donors (Lipinski definition) is 1. The minimum absolute atomic E-state index is 0.220. The zero-order valence-electron chi connectivity index (χ0n) is 7.05. The third kappa shape index (κ3) is 1.09. The van der Waals surface area contributed by atoms with Crippen molar-refractivity contribution in [3.8, 4) is 0 Å². The molecule has 2 heteroatoms. The van der Waals surface area contributed by atoms with Gasteiger partial charge in [-0.25, -0.2) is 0 Å². The number of rotatable bonds is 1. The largest absolute Gasteiger partial charge is 0.394 e. The molecule has 2 aliphatic heterocycles. The first-order chi connectivity index (χ1) is 5.37. The molecule has 0 amide bonds. The summed E-state index contributed by atoms with van der Waals surface area (Å²) in [7, 11) is 0. The first-order valence-corrected chi connectivity index (χ1v) is 4.73. The lowest BCUT2D eigenvalue weighted by Crippen LogP contribution is -2.49. The fourth-order valence-electron chi connectivity index (χ4n) is 2.64. The summed E-state index contributed by atoms with van der Waals surface area (Å²) in [6.45, 7) is 2.83. The topological polar surface area (TPSA) is 23.5 Å². The van der Waals surface area contributed by atoms with E-state index in [1.165, 1.54) is 45.2 Å². The molecule has 2 fully saturated rings. The molecule has 0 saturated carbocycles. The normalized spacial score (nSPS) is 39.0. The molecule has 2 aliphatic rings. The number of nitrogens with zero attached hydrogens (tertiary/aromatic N) is 1. The summed E-state index contributed by atoms with van der Waals surface area (Å²) in [5.41, 5.74) is 0.220. The van der Waals surface area contributed by atoms with Crippen LogP contribution in [0.1, 0.15) is 32.1 Å². The van der Waals surface area contributed by atoms with Crippen LogP contribution in [0.5, 0.6) is 0 Å². The quantitative estimate of drug-likeness (QED) is 0.610. The predicted octanol–water partition coefficient (Wildman–Crippen LogP) is 0.997. The highest BCUT2D eigenvalue weighted by atomic mass is 16.3.